The molecule has 0 radical (unpaired) electrons. The lowest BCUT2D eigenvalue weighted by molar-refractivity contribution is -0.000209. The molecule has 2 aliphatic rings. The number of para-hydroxylation sites is 1. The van der Waals surface area contributed by atoms with Crippen molar-refractivity contribution in [1.82, 2.24) is 15.2 Å². The normalized spacial score (nSPS) is 19.3. The van der Waals surface area contributed by atoms with Crippen LogP contribution in [0.4, 0.5) is 0 Å². The molecule has 0 unspecified atom stereocenters. The van der Waals surface area contributed by atoms with Gasteiger partial charge in [0, 0.05) is 17.0 Å². The minimum absolute atomic E-state index is 0.0921. The Labute approximate surface area is 139 Å². The van der Waals surface area contributed by atoms with E-state index in [9.17, 15) is 4.79 Å². The van der Waals surface area contributed by atoms with Gasteiger partial charge in [0.25, 0.3) is 5.56 Å². The molecule has 0 atom stereocenters. The van der Waals surface area contributed by atoms with E-state index >= 15 is 0 Å². The second-order valence-corrected chi connectivity index (χ2v) is 7.38. The van der Waals surface area contributed by atoms with Gasteiger partial charge < -0.3 is 9.40 Å². The molecule has 2 saturated carbocycles. The van der Waals surface area contributed by atoms with Gasteiger partial charge in [-0.25, -0.2) is 0 Å². The molecular weight excluding hydrogens is 302 g/mol. The molecule has 5 rings (SSSR count). The molecular formula is C19H19N3O2. The van der Waals surface area contributed by atoms with Crippen LogP contribution in [0.5, 0.6) is 0 Å². The minimum Gasteiger partial charge on any atom is -0.425 e. The highest BCUT2D eigenvalue weighted by Gasteiger charge is 2.50. The Kier molecular flexibility index (Phi) is 2.93. The number of rotatable bonds is 3. The third-order valence-corrected chi connectivity index (χ3v) is 5.78. The molecule has 0 saturated heterocycles. The quantitative estimate of drug-likeness (QED) is 0.801. The van der Waals surface area contributed by atoms with Crippen molar-refractivity contribution in [2.75, 3.05) is 0 Å². The van der Waals surface area contributed by atoms with E-state index in [1.54, 1.807) is 0 Å². The fourth-order valence-corrected chi connectivity index (χ4v) is 4.24. The van der Waals surface area contributed by atoms with Crippen LogP contribution >= 0.6 is 0 Å². The van der Waals surface area contributed by atoms with Crippen LogP contribution in [0.25, 0.3) is 10.9 Å². The fraction of sp³-hybridized carbons (Fsp3) is 0.421. The maximum absolute atomic E-state index is 12.2. The molecule has 1 aromatic carbocycles. The van der Waals surface area contributed by atoms with Gasteiger partial charge in [0.05, 0.1) is 6.42 Å². The first kappa shape index (κ1) is 14.0. The van der Waals surface area contributed by atoms with E-state index in [1.165, 1.54) is 32.1 Å². The Bertz CT molecular complexity index is 960. The number of fused-ring (bicyclic) bond motifs is 1. The SMILES string of the molecule is O=c1[nH]c2ccccc2cc1Cc1nnc(C2CC3(CCC3)C2)o1. The van der Waals surface area contributed by atoms with Crippen LogP contribution in [-0.4, -0.2) is 15.2 Å². The van der Waals surface area contributed by atoms with E-state index in [4.69, 9.17) is 4.42 Å². The summed E-state index contributed by atoms with van der Waals surface area (Å²) in [6, 6.07) is 9.67. The van der Waals surface area contributed by atoms with Crippen LogP contribution < -0.4 is 5.56 Å². The van der Waals surface area contributed by atoms with Gasteiger partial charge in [0.1, 0.15) is 0 Å². The zero-order valence-electron chi connectivity index (χ0n) is 13.4. The van der Waals surface area contributed by atoms with E-state index in [0.29, 0.717) is 29.2 Å². The Balaban J connectivity index is 1.37. The van der Waals surface area contributed by atoms with Crippen molar-refractivity contribution in [2.45, 2.75) is 44.4 Å². The van der Waals surface area contributed by atoms with Crippen molar-refractivity contribution < 1.29 is 4.42 Å². The highest BCUT2D eigenvalue weighted by molar-refractivity contribution is 5.78. The van der Waals surface area contributed by atoms with Crippen LogP contribution in [0.2, 0.25) is 0 Å². The lowest BCUT2D eigenvalue weighted by atomic mass is 9.52. The molecule has 2 heterocycles. The van der Waals surface area contributed by atoms with Gasteiger partial charge >= 0.3 is 0 Å². The number of benzene rings is 1. The van der Waals surface area contributed by atoms with E-state index in [0.717, 1.165) is 16.8 Å². The average Bonchev–Trinajstić information content (AvgIpc) is 2.93. The number of nitrogens with one attached hydrogen (secondary N) is 1. The van der Waals surface area contributed by atoms with Crippen LogP contribution in [-0.2, 0) is 6.42 Å². The summed E-state index contributed by atoms with van der Waals surface area (Å²) in [5.74, 6) is 1.70. The minimum atomic E-state index is -0.0921. The van der Waals surface area contributed by atoms with E-state index < -0.39 is 0 Å². The van der Waals surface area contributed by atoms with Crippen LogP contribution in [0.3, 0.4) is 0 Å². The highest BCUT2D eigenvalue weighted by Crippen LogP contribution is 2.61. The number of pyridine rings is 1. The monoisotopic (exact) mass is 321 g/mol. The molecule has 1 spiro atoms. The number of nitrogens with zero attached hydrogens (tertiary/aromatic N) is 2. The first-order valence-corrected chi connectivity index (χ1v) is 8.64. The molecule has 2 aromatic heterocycles. The van der Waals surface area contributed by atoms with Gasteiger partial charge in [0.2, 0.25) is 11.8 Å². The van der Waals surface area contributed by atoms with Crippen LogP contribution in [0.15, 0.2) is 39.5 Å². The third kappa shape index (κ3) is 2.19. The van der Waals surface area contributed by atoms with Crippen LogP contribution in [0, 0.1) is 5.41 Å². The van der Waals surface area contributed by atoms with Gasteiger partial charge in [-0.05, 0) is 48.6 Å². The molecule has 5 nitrogen and oxygen atoms in total. The molecule has 122 valence electrons. The van der Waals surface area contributed by atoms with Gasteiger partial charge in [0.15, 0.2) is 0 Å². The molecule has 2 fully saturated rings. The van der Waals surface area contributed by atoms with Crippen molar-refractivity contribution in [3.05, 3.63) is 58.0 Å². The number of H-pyrrole nitrogens is 1. The largest absolute Gasteiger partial charge is 0.425 e. The zero-order chi connectivity index (χ0) is 16.1. The maximum atomic E-state index is 12.2. The summed E-state index contributed by atoms with van der Waals surface area (Å²) in [5, 5.41) is 9.39. The topological polar surface area (TPSA) is 71.8 Å². The smallest absolute Gasteiger partial charge is 0.252 e. The third-order valence-electron chi connectivity index (χ3n) is 5.78. The van der Waals surface area contributed by atoms with Gasteiger partial charge in [-0.15, -0.1) is 10.2 Å². The number of hydrogen-bond donors (Lipinski definition) is 1. The lowest BCUT2D eigenvalue weighted by Crippen LogP contribution is -2.41. The summed E-state index contributed by atoms with van der Waals surface area (Å²) in [7, 11) is 0. The standard InChI is InChI=1S/C19H19N3O2/c23-17-13(8-12-4-1-2-5-15(12)20-17)9-16-21-22-18(24-16)14-10-19(11-14)6-3-7-19/h1-2,4-5,8,14H,3,6-7,9-11H2,(H,20,23). The number of aromatic nitrogens is 3. The highest BCUT2D eigenvalue weighted by atomic mass is 16.4. The molecule has 24 heavy (non-hydrogen) atoms. The summed E-state index contributed by atoms with van der Waals surface area (Å²) < 4.78 is 5.85. The van der Waals surface area contributed by atoms with Crippen molar-refractivity contribution in [2.24, 2.45) is 5.41 Å². The molecule has 0 amide bonds. The van der Waals surface area contributed by atoms with Crippen molar-refractivity contribution in [1.29, 1.82) is 0 Å². The van der Waals surface area contributed by atoms with E-state index in [2.05, 4.69) is 15.2 Å². The Morgan fingerprint density at radius 1 is 1.21 bits per heavy atom. The molecule has 3 aromatic rings. The molecule has 0 aliphatic heterocycles. The van der Waals surface area contributed by atoms with Crippen molar-refractivity contribution in [3.8, 4) is 0 Å². The number of hydrogen-bond acceptors (Lipinski definition) is 4. The summed E-state index contributed by atoms with van der Waals surface area (Å²) in [4.78, 5) is 15.1. The van der Waals surface area contributed by atoms with Crippen molar-refractivity contribution >= 4 is 10.9 Å². The lowest BCUT2D eigenvalue weighted by Gasteiger charge is -2.53. The Morgan fingerprint density at radius 2 is 2.04 bits per heavy atom. The maximum Gasteiger partial charge on any atom is 0.252 e. The summed E-state index contributed by atoms with van der Waals surface area (Å²) in [6.45, 7) is 0. The van der Waals surface area contributed by atoms with Crippen molar-refractivity contribution in [3.63, 3.8) is 0 Å². The van der Waals surface area contributed by atoms with Gasteiger partial charge in [-0.2, -0.15) is 0 Å². The molecule has 1 N–H and O–H groups in total. The fourth-order valence-electron chi connectivity index (χ4n) is 4.24. The first-order chi connectivity index (χ1) is 11.7. The van der Waals surface area contributed by atoms with Gasteiger partial charge in [-0.3, -0.25) is 4.79 Å². The average molecular weight is 321 g/mol. The molecule has 2 aliphatic carbocycles. The van der Waals surface area contributed by atoms with Crippen LogP contribution in [0.1, 0.15) is 55.4 Å². The first-order valence-electron chi connectivity index (χ1n) is 8.64. The second kappa shape index (κ2) is 5.03. The summed E-state index contributed by atoms with van der Waals surface area (Å²) in [5.41, 5.74) is 2.01. The molecule has 5 heteroatoms. The predicted octanol–water partition coefficient (Wildman–Crippen LogP) is 3.55. The van der Waals surface area contributed by atoms with E-state index in [1.807, 2.05) is 30.3 Å². The second-order valence-electron chi connectivity index (χ2n) is 7.38. The zero-order valence-corrected chi connectivity index (χ0v) is 13.4. The predicted molar refractivity (Wildman–Crippen MR) is 89.9 cm³/mol. The molecule has 0 bridgehead atoms. The van der Waals surface area contributed by atoms with E-state index in [-0.39, 0.29) is 5.56 Å². The van der Waals surface area contributed by atoms with Gasteiger partial charge in [-0.1, -0.05) is 24.6 Å². The number of aromatic amines is 1. The Hall–Kier alpha value is -2.43. The Morgan fingerprint density at radius 3 is 2.83 bits per heavy atom. The summed E-state index contributed by atoms with van der Waals surface area (Å²) >= 11 is 0. The summed E-state index contributed by atoms with van der Waals surface area (Å²) in [6.07, 6.45) is 6.84.